The molecule has 0 amide bonds. The Hall–Kier alpha value is -1.05. The average Bonchev–Trinajstić information content (AvgIpc) is 1.87. The van der Waals surface area contributed by atoms with Gasteiger partial charge < -0.3 is 5.73 Å². The fourth-order valence-electron chi connectivity index (χ4n) is 0.589. The first-order chi connectivity index (χ1) is 4.72. The molecule has 0 aromatic rings. The predicted molar refractivity (Wildman–Crippen MR) is 45.8 cm³/mol. The zero-order chi connectivity index (χ0) is 7.98. The van der Waals surface area contributed by atoms with Gasteiger partial charge in [-0.05, 0) is 18.2 Å². The number of nitrogens with two attached hydrogens (primary N) is 1. The first kappa shape index (κ1) is 8.95. The number of hydrogen-bond acceptors (Lipinski definition) is 2. The highest BCUT2D eigenvalue weighted by Crippen LogP contribution is 1.98. The van der Waals surface area contributed by atoms with Crippen LogP contribution >= 0.6 is 0 Å². The van der Waals surface area contributed by atoms with Gasteiger partial charge in [0.1, 0.15) is 0 Å². The topological polar surface area (TPSA) is 38.4 Å². The standard InChI is InChI=1S/C8H14N2/c1-4-10-8(5-6-9)7(2)3/h4-7H,1,9H2,2-3H3/b6-5-,10-8+. The minimum atomic E-state index is 0.401. The van der Waals surface area contributed by atoms with Crippen molar-refractivity contribution in [3.8, 4) is 0 Å². The Kier molecular flexibility index (Phi) is 4.29. The van der Waals surface area contributed by atoms with Crippen LogP contribution in [0.5, 0.6) is 0 Å². The second kappa shape index (κ2) is 4.79. The summed E-state index contributed by atoms with van der Waals surface area (Å²) in [7, 11) is 0. The summed E-state index contributed by atoms with van der Waals surface area (Å²) in [4.78, 5) is 4.03. The van der Waals surface area contributed by atoms with Gasteiger partial charge in [0, 0.05) is 11.9 Å². The molecule has 0 aliphatic heterocycles. The van der Waals surface area contributed by atoms with Crippen molar-refractivity contribution >= 4 is 5.71 Å². The van der Waals surface area contributed by atoms with Crippen molar-refractivity contribution in [1.82, 2.24) is 0 Å². The minimum absolute atomic E-state index is 0.401. The minimum Gasteiger partial charge on any atom is -0.405 e. The molecule has 10 heavy (non-hydrogen) atoms. The summed E-state index contributed by atoms with van der Waals surface area (Å²) in [5, 5.41) is 0. The SMILES string of the molecule is C=C/N=C(\C=C/N)C(C)C. The normalized spacial score (nSPS) is 12.9. The van der Waals surface area contributed by atoms with Crippen LogP contribution in [0, 0.1) is 5.92 Å². The zero-order valence-corrected chi connectivity index (χ0v) is 6.54. The Morgan fingerprint density at radius 2 is 2.20 bits per heavy atom. The molecule has 0 aliphatic carbocycles. The van der Waals surface area contributed by atoms with Gasteiger partial charge in [-0.3, -0.25) is 4.99 Å². The van der Waals surface area contributed by atoms with Crippen molar-refractivity contribution in [2.24, 2.45) is 16.6 Å². The van der Waals surface area contributed by atoms with Gasteiger partial charge in [0.25, 0.3) is 0 Å². The molecule has 2 nitrogen and oxygen atoms in total. The largest absolute Gasteiger partial charge is 0.405 e. The van der Waals surface area contributed by atoms with Crippen molar-refractivity contribution in [2.45, 2.75) is 13.8 Å². The lowest BCUT2D eigenvalue weighted by atomic mass is 10.1. The third kappa shape index (κ3) is 3.07. The maximum atomic E-state index is 5.20. The molecule has 0 fully saturated rings. The molecule has 0 heterocycles. The van der Waals surface area contributed by atoms with Gasteiger partial charge in [-0.1, -0.05) is 20.4 Å². The summed E-state index contributed by atoms with van der Waals surface area (Å²) in [5.74, 6) is 0.401. The van der Waals surface area contributed by atoms with E-state index in [1.165, 1.54) is 12.4 Å². The Labute approximate surface area is 62.1 Å². The molecular formula is C8H14N2. The molecule has 0 aliphatic rings. The highest BCUT2D eigenvalue weighted by atomic mass is 14.7. The molecule has 0 bridgehead atoms. The lowest BCUT2D eigenvalue weighted by molar-refractivity contribution is 0.888. The fraction of sp³-hybridized carbons (Fsp3) is 0.375. The zero-order valence-electron chi connectivity index (χ0n) is 6.54. The molecule has 0 aromatic heterocycles. The van der Waals surface area contributed by atoms with E-state index in [0.29, 0.717) is 5.92 Å². The van der Waals surface area contributed by atoms with Gasteiger partial charge in [0.15, 0.2) is 0 Å². The molecule has 0 spiro atoms. The fourth-order valence-corrected chi connectivity index (χ4v) is 0.589. The van der Waals surface area contributed by atoms with E-state index in [-0.39, 0.29) is 0 Å². The van der Waals surface area contributed by atoms with Crippen molar-refractivity contribution < 1.29 is 0 Å². The van der Waals surface area contributed by atoms with Crippen molar-refractivity contribution in [3.63, 3.8) is 0 Å². The number of aliphatic imine (C=N–C) groups is 1. The van der Waals surface area contributed by atoms with E-state index in [2.05, 4.69) is 25.4 Å². The van der Waals surface area contributed by atoms with Crippen LogP contribution in [0.3, 0.4) is 0 Å². The van der Waals surface area contributed by atoms with Crippen LogP contribution in [-0.4, -0.2) is 5.71 Å². The summed E-state index contributed by atoms with van der Waals surface area (Å²) < 4.78 is 0. The van der Waals surface area contributed by atoms with Crippen molar-refractivity contribution in [1.29, 1.82) is 0 Å². The molecule has 0 saturated heterocycles. The summed E-state index contributed by atoms with van der Waals surface area (Å²) in [6.45, 7) is 7.62. The first-order valence-corrected chi connectivity index (χ1v) is 3.29. The molecule has 0 rings (SSSR count). The van der Waals surface area contributed by atoms with E-state index >= 15 is 0 Å². The summed E-state index contributed by atoms with van der Waals surface area (Å²) >= 11 is 0. The van der Waals surface area contributed by atoms with Gasteiger partial charge >= 0.3 is 0 Å². The first-order valence-electron chi connectivity index (χ1n) is 3.29. The summed E-state index contributed by atoms with van der Waals surface area (Å²) in [6, 6.07) is 0. The van der Waals surface area contributed by atoms with Gasteiger partial charge in [0.05, 0.1) is 0 Å². The second-order valence-corrected chi connectivity index (χ2v) is 2.25. The van der Waals surface area contributed by atoms with E-state index < -0.39 is 0 Å². The predicted octanol–water partition coefficient (Wildman–Crippen LogP) is 1.70. The van der Waals surface area contributed by atoms with Gasteiger partial charge in [-0.15, -0.1) is 0 Å². The maximum absolute atomic E-state index is 5.20. The quantitative estimate of drug-likeness (QED) is 0.592. The maximum Gasteiger partial charge on any atom is 0.0442 e. The van der Waals surface area contributed by atoms with Gasteiger partial charge in [-0.2, -0.15) is 0 Å². The Morgan fingerprint density at radius 3 is 2.50 bits per heavy atom. The highest BCUT2D eigenvalue weighted by molar-refractivity contribution is 5.96. The Morgan fingerprint density at radius 1 is 1.60 bits per heavy atom. The third-order valence-corrected chi connectivity index (χ3v) is 1.10. The van der Waals surface area contributed by atoms with Gasteiger partial charge in [-0.25, -0.2) is 0 Å². The van der Waals surface area contributed by atoms with E-state index in [0.717, 1.165) is 5.71 Å². The van der Waals surface area contributed by atoms with Crippen LogP contribution in [0.1, 0.15) is 13.8 Å². The molecule has 0 atom stereocenters. The molecule has 0 saturated carbocycles. The van der Waals surface area contributed by atoms with Crippen molar-refractivity contribution in [3.05, 3.63) is 25.1 Å². The van der Waals surface area contributed by atoms with Crippen LogP contribution in [0.15, 0.2) is 30.0 Å². The van der Waals surface area contributed by atoms with Crippen LogP contribution < -0.4 is 5.73 Å². The van der Waals surface area contributed by atoms with Crippen LogP contribution in [-0.2, 0) is 0 Å². The number of hydrogen-bond donors (Lipinski definition) is 1. The summed E-state index contributed by atoms with van der Waals surface area (Å²) in [5.41, 5.74) is 6.16. The molecule has 0 unspecified atom stereocenters. The molecule has 2 N–H and O–H groups in total. The molecule has 2 heteroatoms. The Balaban J connectivity index is 4.25. The van der Waals surface area contributed by atoms with Crippen molar-refractivity contribution in [2.75, 3.05) is 0 Å². The highest BCUT2D eigenvalue weighted by Gasteiger charge is 1.97. The number of rotatable bonds is 3. The number of allylic oxidation sites excluding steroid dienone is 1. The van der Waals surface area contributed by atoms with E-state index in [4.69, 9.17) is 5.73 Å². The summed E-state index contributed by atoms with van der Waals surface area (Å²) in [6.07, 6.45) is 4.80. The number of nitrogens with zero attached hydrogens (tertiary/aromatic N) is 1. The second-order valence-electron chi connectivity index (χ2n) is 2.25. The van der Waals surface area contributed by atoms with Crippen LogP contribution in [0.4, 0.5) is 0 Å². The van der Waals surface area contributed by atoms with E-state index in [9.17, 15) is 0 Å². The van der Waals surface area contributed by atoms with Crippen LogP contribution in [0.2, 0.25) is 0 Å². The molecule has 0 radical (unpaired) electrons. The monoisotopic (exact) mass is 138 g/mol. The smallest absolute Gasteiger partial charge is 0.0442 e. The molecule has 0 aromatic carbocycles. The van der Waals surface area contributed by atoms with Crippen LogP contribution in [0.25, 0.3) is 0 Å². The Bertz CT molecular complexity index is 155. The lowest BCUT2D eigenvalue weighted by Gasteiger charge is -2.01. The average molecular weight is 138 g/mol. The molecular weight excluding hydrogens is 124 g/mol. The van der Waals surface area contributed by atoms with E-state index in [1.54, 1.807) is 6.08 Å². The lowest BCUT2D eigenvalue weighted by Crippen LogP contribution is -2.03. The third-order valence-electron chi connectivity index (χ3n) is 1.10. The van der Waals surface area contributed by atoms with Gasteiger partial charge in [0.2, 0.25) is 0 Å². The molecule has 56 valence electrons. The van der Waals surface area contributed by atoms with E-state index in [1.807, 2.05) is 0 Å².